The molecule has 22 heavy (non-hydrogen) atoms. The summed E-state index contributed by atoms with van der Waals surface area (Å²) in [6.45, 7) is 0. The van der Waals surface area contributed by atoms with Gasteiger partial charge in [0.25, 0.3) is 5.91 Å². The van der Waals surface area contributed by atoms with E-state index < -0.39 is 0 Å². The van der Waals surface area contributed by atoms with Gasteiger partial charge in [0.15, 0.2) is 0 Å². The van der Waals surface area contributed by atoms with Crippen LogP contribution in [0.1, 0.15) is 5.76 Å². The van der Waals surface area contributed by atoms with Crippen molar-refractivity contribution in [3.05, 3.63) is 51.0 Å². The highest BCUT2D eigenvalue weighted by molar-refractivity contribution is 8.26. The van der Waals surface area contributed by atoms with E-state index in [2.05, 4.69) is 0 Å². The van der Waals surface area contributed by atoms with Gasteiger partial charge in [-0.15, -0.1) is 0 Å². The van der Waals surface area contributed by atoms with Crippen molar-refractivity contribution in [1.82, 2.24) is 4.90 Å². The van der Waals surface area contributed by atoms with Crippen molar-refractivity contribution in [3.8, 4) is 11.3 Å². The van der Waals surface area contributed by atoms with Gasteiger partial charge in [-0.25, -0.2) is 0 Å². The van der Waals surface area contributed by atoms with Crippen LogP contribution in [0.5, 0.6) is 0 Å². The van der Waals surface area contributed by atoms with Crippen LogP contribution < -0.4 is 0 Å². The summed E-state index contributed by atoms with van der Waals surface area (Å²) in [6.07, 6.45) is 1.66. The summed E-state index contributed by atoms with van der Waals surface area (Å²) in [6, 6.07) is 8.79. The smallest absolute Gasteiger partial charge is 0.266 e. The minimum atomic E-state index is -0.135. The third-order valence-corrected chi connectivity index (χ3v) is 5.21. The van der Waals surface area contributed by atoms with Gasteiger partial charge >= 0.3 is 0 Å². The minimum Gasteiger partial charge on any atom is -0.457 e. The van der Waals surface area contributed by atoms with Crippen LogP contribution in [0.2, 0.25) is 10.0 Å². The molecule has 0 atom stereocenters. The molecule has 0 N–H and O–H groups in total. The Morgan fingerprint density at radius 1 is 1.23 bits per heavy atom. The quantitative estimate of drug-likeness (QED) is 0.545. The average molecular weight is 370 g/mol. The van der Waals surface area contributed by atoms with Crippen molar-refractivity contribution in [1.29, 1.82) is 0 Å². The number of thioether (sulfide) groups is 1. The molecule has 0 aliphatic carbocycles. The van der Waals surface area contributed by atoms with Crippen molar-refractivity contribution in [3.63, 3.8) is 0 Å². The number of furan rings is 1. The highest BCUT2D eigenvalue weighted by Crippen LogP contribution is 2.37. The maximum atomic E-state index is 12.0. The largest absolute Gasteiger partial charge is 0.457 e. The van der Waals surface area contributed by atoms with Crippen LogP contribution in [0.15, 0.2) is 39.7 Å². The molecule has 2 aromatic rings. The lowest BCUT2D eigenvalue weighted by Gasteiger charge is -2.03. The lowest BCUT2D eigenvalue weighted by molar-refractivity contribution is -0.121. The van der Waals surface area contributed by atoms with Gasteiger partial charge < -0.3 is 4.42 Å². The zero-order chi connectivity index (χ0) is 15.9. The Bertz CT molecular complexity index is 793. The first-order valence-electron chi connectivity index (χ1n) is 6.23. The highest BCUT2D eigenvalue weighted by Gasteiger charge is 2.29. The topological polar surface area (TPSA) is 33.5 Å². The van der Waals surface area contributed by atoms with Crippen molar-refractivity contribution in [2.24, 2.45) is 0 Å². The Morgan fingerprint density at radius 2 is 1.91 bits per heavy atom. The molecule has 0 saturated carbocycles. The normalized spacial score (nSPS) is 16.9. The third kappa shape index (κ3) is 2.82. The standard InChI is InChI=1S/C15H9Cl2NO2S2/c1-18-14(19)12(22-15(18)21)7-8-5-6-11(20-8)13-9(16)3-2-4-10(13)17/h2-7H,1H3/b12-7-. The zero-order valence-electron chi connectivity index (χ0n) is 11.3. The molecule has 0 unspecified atom stereocenters. The minimum absolute atomic E-state index is 0.135. The second-order valence-corrected chi connectivity index (χ2v) is 7.03. The summed E-state index contributed by atoms with van der Waals surface area (Å²) in [7, 11) is 1.65. The van der Waals surface area contributed by atoms with Crippen LogP contribution in [0.25, 0.3) is 17.4 Å². The van der Waals surface area contributed by atoms with Gasteiger partial charge in [0, 0.05) is 13.1 Å². The molecule has 0 spiro atoms. The van der Waals surface area contributed by atoms with E-state index >= 15 is 0 Å². The fourth-order valence-electron chi connectivity index (χ4n) is 1.97. The van der Waals surface area contributed by atoms with Gasteiger partial charge in [-0.3, -0.25) is 9.69 Å². The summed E-state index contributed by atoms with van der Waals surface area (Å²) >= 11 is 18.7. The number of rotatable bonds is 2. The Balaban J connectivity index is 1.96. The number of amides is 1. The predicted octanol–water partition coefficient (Wildman–Crippen LogP) is 5.08. The lowest BCUT2D eigenvalue weighted by atomic mass is 10.2. The van der Waals surface area contributed by atoms with E-state index in [4.69, 9.17) is 39.8 Å². The fraction of sp³-hybridized carbons (Fsp3) is 0.0667. The van der Waals surface area contributed by atoms with E-state index in [9.17, 15) is 4.79 Å². The molecule has 0 bridgehead atoms. The number of likely N-dealkylation sites (N-methyl/N-ethyl adjacent to an activating group) is 1. The molecule has 1 aliphatic rings. The van der Waals surface area contributed by atoms with E-state index in [-0.39, 0.29) is 5.91 Å². The van der Waals surface area contributed by atoms with E-state index in [1.54, 1.807) is 43.5 Å². The summed E-state index contributed by atoms with van der Waals surface area (Å²) in [5, 5.41) is 1.02. The van der Waals surface area contributed by atoms with Crippen LogP contribution in [0.4, 0.5) is 0 Å². The molecule has 7 heteroatoms. The predicted molar refractivity (Wildman–Crippen MR) is 95.1 cm³/mol. The van der Waals surface area contributed by atoms with Crippen LogP contribution in [-0.2, 0) is 4.79 Å². The van der Waals surface area contributed by atoms with E-state index in [0.29, 0.717) is 36.4 Å². The number of nitrogens with zero attached hydrogens (tertiary/aromatic N) is 1. The SMILES string of the molecule is CN1C(=O)/C(=C/c2ccc(-c3c(Cl)cccc3Cl)o2)SC1=S. The van der Waals surface area contributed by atoms with Gasteiger partial charge in [0.05, 0.1) is 20.5 Å². The first-order chi connectivity index (χ1) is 10.5. The van der Waals surface area contributed by atoms with Crippen molar-refractivity contribution >= 4 is 63.5 Å². The molecule has 0 radical (unpaired) electrons. The second-order valence-electron chi connectivity index (χ2n) is 4.54. The molecule has 1 aliphatic heterocycles. The molecule has 3 rings (SSSR count). The Kier molecular flexibility index (Phi) is 4.32. The molecular weight excluding hydrogens is 361 g/mol. The molecular formula is C15H9Cl2NO2S2. The van der Waals surface area contributed by atoms with Crippen molar-refractivity contribution in [2.45, 2.75) is 0 Å². The molecule has 112 valence electrons. The molecule has 1 fully saturated rings. The van der Waals surface area contributed by atoms with Crippen LogP contribution >= 0.6 is 47.2 Å². The molecule has 2 heterocycles. The second kappa shape index (κ2) is 6.08. The highest BCUT2D eigenvalue weighted by atomic mass is 35.5. The number of carbonyl (C=O) groups excluding carboxylic acids is 1. The number of hydrogen-bond donors (Lipinski definition) is 0. The summed E-state index contributed by atoms with van der Waals surface area (Å²) in [4.78, 5) is 13.9. The number of hydrogen-bond acceptors (Lipinski definition) is 4. The lowest BCUT2D eigenvalue weighted by Crippen LogP contribution is -2.22. The van der Waals surface area contributed by atoms with E-state index in [1.165, 1.54) is 16.7 Å². The van der Waals surface area contributed by atoms with Crippen LogP contribution in [0, 0.1) is 0 Å². The maximum Gasteiger partial charge on any atom is 0.266 e. The number of carbonyl (C=O) groups is 1. The maximum absolute atomic E-state index is 12.0. The van der Waals surface area contributed by atoms with Gasteiger partial charge in [-0.2, -0.15) is 0 Å². The van der Waals surface area contributed by atoms with E-state index in [1.807, 2.05) is 0 Å². The first kappa shape index (κ1) is 15.6. The number of halogens is 2. The molecule has 1 aromatic heterocycles. The molecule has 3 nitrogen and oxygen atoms in total. The Hall–Kier alpha value is -1.27. The number of benzene rings is 1. The van der Waals surface area contributed by atoms with E-state index in [0.717, 1.165) is 0 Å². The summed E-state index contributed by atoms with van der Waals surface area (Å²) < 4.78 is 6.26. The summed E-state index contributed by atoms with van der Waals surface area (Å²) in [5.41, 5.74) is 0.633. The number of thiocarbonyl (C=S) groups is 1. The summed E-state index contributed by atoms with van der Waals surface area (Å²) in [5.74, 6) is 0.956. The molecule has 1 aromatic carbocycles. The first-order valence-corrected chi connectivity index (χ1v) is 8.21. The molecule has 1 amide bonds. The van der Waals surface area contributed by atoms with Gasteiger partial charge in [0.1, 0.15) is 15.8 Å². The van der Waals surface area contributed by atoms with Gasteiger partial charge in [-0.05, 0) is 24.3 Å². The fourth-order valence-corrected chi connectivity index (χ4v) is 3.72. The zero-order valence-corrected chi connectivity index (χ0v) is 14.4. The Labute approximate surface area is 146 Å². The third-order valence-electron chi connectivity index (χ3n) is 3.10. The Morgan fingerprint density at radius 3 is 2.50 bits per heavy atom. The van der Waals surface area contributed by atoms with Crippen molar-refractivity contribution < 1.29 is 9.21 Å². The average Bonchev–Trinajstić information content (AvgIpc) is 3.01. The van der Waals surface area contributed by atoms with Crippen molar-refractivity contribution in [2.75, 3.05) is 7.05 Å². The van der Waals surface area contributed by atoms with Gasteiger partial charge in [0.2, 0.25) is 0 Å². The van der Waals surface area contributed by atoms with Gasteiger partial charge in [-0.1, -0.05) is 53.2 Å². The van der Waals surface area contributed by atoms with Crippen LogP contribution in [0.3, 0.4) is 0 Å². The molecule has 1 saturated heterocycles. The monoisotopic (exact) mass is 369 g/mol. The van der Waals surface area contributed by atoms with Crippen LogP contribution in [-0.4, -0.2) is 22.2 Å².